The third kappa shape index (κ3) is 6.77. The van der Waals surface area contributed by atoms with Gasteiger partial charge >= 0.3 is 0 Å². The Bertz CT molecular complexity index is 1770. The number of nitrogens with zero attached hydrogens (tertiary/aromatic N) is 4. The van der Waals surface area contributed by atoms with Crippen molar-refractivity contribution in [3.8, 4) is 0 Å². The largest absolute Gasteiger partial charge is 0.368 e. The lowest BCUT2D eigenvalue weighted by molar-refractivity contribution is 0.0739. The summed E-state index contributed by atoms with van der Waals surface area (Å²) in [6.07, 6.45) is 0. The second kappa shape index (κ2) is 13.2. The first-order valence-electron chi connectivity index (χ1n) is 14.9. The monoisotopic (exact) mass is 643 g/mol. The zero-order chi connectivity index (χ0) is 31.4. The number of rotatable bonds is 7. The normalized spacial score (nSPS) is 15.6. The number of hydrogen-bond donors (Lipinski definition) is 1. The average molecular weight is 644 g/mol. The molecule has 2 fully saturated rings. The molecule has 1 N–H and O–H groups in total. The third-order valence-corrected chi connectivity index (χ3v) is 10.1. The molecule has 2 aliphatic rings. The summed E-state index contributed by atoms with van der Waals surface area (Å²) < 4.78 is 29.9. The molecule has 2 amide bonds. The molecule has 11 heteroatoms. The van der Waals surface area contributed by atoms with Crippen LogP contribution >= 0.6 is 11.6 Å². The SMILES string of the molecule is O=C(c1ccc(Cl)c(S(=O)(=O)Nc2ccccc2C(=O)N2CCN(c3ccccc3)CC2)c1)N1CCN(c2ccccc2)CC1. The molecular weight excluding hydrogens is 610 g/mol. The maximum Gasteiger partial charge on any atom is 0.263 e. The molecule has 0 aromatic heterocycles. The van der Waals surface area contributed by atoms with Crippen LogP contribution in [0.15, 0.2) is 108 Å². The molecule has 9 nitrogen and oxygen atoms in total. The van der Waals surface area contributed by atoms with Crippen LogP contribution in [0.25, 0.3) is 0 Å². The van der Waals surface area contributed by atoms with Crippen LogP contribution in [0.2, 0.25) is 5.02 Å². The van der Waals surface area contributed by atoms with E-state index in [4.69, 9.17) is 11.6 Å². The zero-order valence-electron chi connectivity index (χ0n) is 24.7. The number of anilines is 3. The minimum absolute atomic E-state index is 0.0196. The highest BCUT2D eigenvalue weighted by atomic mass is 35.5. The molecule has 2 heterocycles. The van der Waals surface area contributed by atoms with Crippen molar-refractivity contribution in [1.82, 2.24) is 9.80 Å². The number of piperazine rings is 2. The second-order valence-electron chi connectivity index (χ2n) is 11.0. The van der Waals surface area contributed by atoms with Gasteiger partial charge in [0.25, 0.3) is 21.8 Å². The van der Waals surface area contributed by atoms with Crippen LogP contribution in [0, 0.1) is 0 Å². The molecule has 4 aromatic rings. The molecule has 2 aliphatic heterocycles. The molecule has 0 saturated carbocycles. The molecule has 0 radical (unpaired) electrons. The van der Waals surface area contributed by atoms with Crippen molar-refractivity contribution < 1.29 is 18.0 Å². The van der Waals surface area contributed by atoms with Gasteiger partial charge < -0.3 is 19.6 Å². The van der Waals surface area contributed by atoms with E-state index in [2.05, 4.69) is 14.5 Å². The van der Waals surface area contributed by atoms with Gasteiger partial charge in [0.15, 0.2) is 0 Å². The summed E-state index contributed by atoms with van der Waals surface area (Å²) in [5.41, 5.74) is 2.83. The van der Waals surface area contributed by atoms with Gasteiger partial charge in [0.05, 0.1) is 16.3 Å². The van der Waals surface area contributed by atoms with Gasteiger partial charge in [0, 0.05) is 69.3 Å². The smallest absolute Gasteiger partial charge is 0.263 e. The zero-order valence-corrected chi connectivity index (χ0v) is 26.3. The second-order valence-corrected chi connectivity index (χ2v) is 13.1. The molecular formula is C34H34ClN5O4S. The standard InChI is InChI=1S/C34H34ClN5O4S/c35-30-16-15-26(33(41)39-21-17-37(18-22-39)27-9-3-1-4-10-27)25-32(30)45(43,44)36-31-14-8-7-13-29(31)34(42)40-23-19-38(20-24-40)28-11-5-2-6-12-28/h1-16,25,36H,17-24H2. The van der Waals surface area contributed by atoms with Crippen LogP contribution < -0.4 is 14.5 Å². The average Bonchev–Trinajstić information content (AvgIpc) is 3.09. The first kappa shape index (κ1) is 30.5. The van der Waals surface area contributed by atoms with Gasteiger partial charge in [-0.3, -0.25) is 14.3 Å². The van der Waals surface area contributed by atoms with E-state index in [-0.39, 0.29) is 38.5 Å². The Morgan fingerprint density at radius 2 is 1.09 bits per heavy atom. The first-order chi connectivity index (χ1) is 21.8. The summed E-state index contributed by atoms with van der Waals surface area (Å²) in [5, 5.41) is -0.0196. The number of para-hydroxylation sites is 3. The summed E-state index contributed by atoms with van der Waals surface area (Å²) in [4.78, 5) is 34.7. The number of benzene rings is 4. The fraction of sp³-hybridized carbons (Fsp3) is 0.235. The lowest BCUT2D eigenvalue weighted by Gasteiger charge is -2.36. The van der Waals surface area contributed by atoms with Crippen molar-refractivity contribution in [2.24, 2.45) is 0 Å². The van der Waals surface area contributed by atoms with E-state index in [0.717, 1.165) is 11.4 Å². The summed E-state index contributed by atoms with van der Waals surface area (Å²) in [6.45, 7) is 4.69. The Labute approximate surface area is 268 Å². The Morgan fingerprint density at radius 3 is 1.64 bits per heavy atom. The topological polar surface area (TPSA) is 93.3 Å². The Kier molecular flexibility index (Phi) is 8.95. The summed E-state index contributed by atoms with van der Waals surface area (Å²) in [6, 6.07) is 30.9. The molecule has 232 valence electrons. The number of carbonyl (C=O) groups is 2. The molecule has 0 bridgehead atoms. The Morgan fingerprint density at radius 1 is 0.600 bits per heavy atom. The van der Waals surface area contributed by atoms with E-state index in [1.807, 2.05) is 60.7 Å². The Balaban J connectivity index is 1.15. The summed E-state index contributed by atoms with van der Waals surface area (Å²) in [5.74, 6) is -0.522. The van der Waals surface area contributed by atoms with Crippen LogP contribution in [0.3, 0.4) is 0 Å². The van der Waals surface area contributed by atoms with Crippen molar-refractivity contribution in [1.29, 1.82) is 0 Å². The third-order valence-electron chi connectivity index (χ3n) is 8.25. The van der Waals surface area contributed by atoms with Crippen LogP contribution in [-0.2, 0) is 10.0 Å². The van der Waals surface area contributed by atoms with E-state index in [9.17, 15) is 18.0 Å². The number of halogens is 1. The van der Waals surface area contributed by atoms with E-state index >= 15 is 0 Å². The lowest BCUT2D eigenvalue weighted by Crippen LogP contribution is -2.49. The van der Waals surface area contributed by atoms with E-state index in [0.29, 0.717) is 52.4 Å². The molecule has 0 atom stereocenters. The van der Waals surface area contributed by atoms with Gasteiger partial charge in [-0.05, 0) is 54.6 Å². The van der Waals surface area contributed by atoms with Gasteiger partial charge in [0.2, 0.25) is 0 Å². The summed E-state index contributed by atoms with van der Waals surface area (Å²) in [7, 11) is -4.25. The highest BCUT2D eigenvalue weighted by Crippen LogP contribution is 2.28. The van der Waals surface area contributed by atoms with Crippen molar-refractivity contribution >= 4 is 50.5 Å². The number of nitrogens with one attached hydrogen (secondary N) is 1. The Hall–Kier alpha value is -4.54. The summed E-state index contributed by atoms with van der Waals surface area (Å²) >= 11 is 6.38. The molecule has 4 aromatic carbocycles. The van der Waals surface area contributed by atoms with Gasteiger partial charge in [-0.15, -0.1) is 0 Å². The van der Waals surface area contributed by atoms with Gasteiger partial charge in [-0.2, -0.15) is 0 Å². The molecule has 0 aliphatic carbocycles. The predicted molar refractivity (Wildman–Crippen MR) is 178 cm³/mol. The predicted octanol–water partition coefficient (Wildman–Crippen LogP) is 5.07. The van der Waals surface area contributed by atoms with Crippen LogP contribution in [0.1, 0.15) is 20.7 Å². The number of hydrogen-bond acceptors (Lipinski definition) is 6. The van der Waals surface area contributed by atoms with Crippen LogP contribution in [0.4, 0.5) is 17.1 Å². The first-order valence-corrected chi connectivity index (χ1v) is 16.8. The fourth-order valence-electron chi connectivity index (χ4n) is 5.77. The molecule has 45 heavy (non-hydrogen) atoms. The minimum Gasteiger partial charge on any atom is -0.368 e. The maximum atomic E-state index is 13.7. The highest BCUT2D eigenvalue weighted by molar-refractivity contribution is 7.92. The number of sulfonamides is 1. The number of amides is 2. The highest BCUT2D eigenvalue weighted by Gasteiger charge is 2.28. The van der Waals surface area contributed by atoms with Crippen molar-refractivity contribution in [2.45, 2.75) is 4.90 Å². The fourth-order valence-corrected chi connectivity index (χ4v) is 7.37. The number of carbonyl (C=O) groups excluding carboxylic acids is 2. The van der Waals surface area contributed by atoms with Gasteiger partial charge in [-0.1, -0.05) is 60.1 Å². The van der Waals surface area contributed by atoms with E-state index in [1.54, 1.807) is 40.1 Å². The molecule has 2 saturated heterocycles. The van der Waals surface area contributed by atoms with E-state index < -0.39 is 10.0 Å². The van der Waals surface area contributed by atoms with Crippen molar-refractivity contribution in [3.63, 3.8) is 0 Å². The van der Waals surface area contributed by atoms with Crippen LogP contribution in [-0.4, -0.2) is 82.4 Å². The van der Waals surface area contributed by atoms with Gasteiger partial charge in [0.1, 0.15) is 4.90 Å². The molecule has 0 unspecified atom stereocenters. The van der Waals surface area contributed by atoms with E-state index in [1.165, 1.54) is 12.1 Å². The molecule has 6 rings (SSSR count). The molecule has 0 spiro atoms. The maximum absolute atomic E-state index is 13.7. The minimum atomic E-state index is -4.25. The lowest BCUT2D eigenvalue weighted by atomic mass is 10.1. The van der Waals surface area contributed by atoms with Gasteiger partial charge in [-0.25, -0.2) is 8.42 Å². The van der Waals surface area contributed by atoms with Crippen molar-refractivity contribution in [3.05, 3.63) is 119 Å². The quantitative estimate of drug-likeness (QED) is 0.303. The van der Waals surface area contributed by atoms with Crippen LogP contribution in [0.5, 0.6) is 0 Å². The van der Waals surface area contributed by atoms with Crippen molar-refractivity contribution in [2.75, 3.05) is 66.9 Å².